The van der Waals surface area contributed by atoms with E-state index in [1.807, 2.05) is 25.1 Å². The molecular weight excluding hydrogens is 214 g/mol. The number of benzene rings is 1. The van der Waals surface area contributed by atoms with Gasteiger partial charge in [0.05, 0.1) is 5.69 Å². The van der Waals surface area contributed by atoms with Crippen molar-refractivity contribution in [3.8, 4) is 0 Å². The molecule has 0 atom stereocenters. The largest absolute Gasteiger partial charge is 0.291 e. The summed E-state index contributed by atoms with van der Waals surface area (Å²) in [6, 6.07) is 12.6. The SMILES string of the molecule is Cc1ccccc1N(N)C(=O)c1ccccn1. The summed E-state index contributed by atoms with van der Waals surface area (Å²) in [5, 5.41) is 1.12. The van der Waals surface area contributed by atoms with Gasteiger partial charge in [-0.2, -0.15) is 0 Å². The molecular formula is C13H13N3O. The lowest BCUT2D eigenvalue weighted by atomic mass is 10.2. The lowest BCUT2D eigenvalue weighted by Gasteiger charge is -2.18. The van der Waals surface area contributed by atoms with Crippen LogP contribution in [0.4, 0.5) is 5.69 Å². The van der Waals surface area contributed by atoms with Gasteiger partial charge in [0.1, 0.15) is 5.69 Å². The minimum atomic E-state index is -0.320. The van der Waals surface area contributed by atoms with Gasteiger partial charge in [-0.25, -0.2) is 10.9 Å². The molecule has 2 rings (SSSR count). The number of rotatable bonds is 2. The second kappa shape index (κ2) is 4.76. The summed E-state index contributed by atoms with van der Waals surface area (Å²) in [6.45, 7) is 1.90. The Labute approximate surface area is 99.7 Å². The van der Waals surface area contributed by atoms with Gasteiger partial charge in [0, 0.05) is 6.20 Å². The molecule has 1 aromatic carbocycles. The first-order valence-electron chi connectivity index (χ1n) is 5.26. The molecule has 1 amide bonds. The number of carbonyl (C=O) groups is 1. The zero-order valence-electron chi connectivity index (χ0n) is 9.50. The number of aryl methyl sites for hydroxylation is 1. The highest BCUT2D eigenvalue weighted by Crippen LogP contribution is 2.17. The van der Waals surface area contributed by atoms with E-state index in [0.29, 0.717) is 11.4 Å². The highest BCUT2D eigenvalue weighted by Gasteiger charge is 2.16. The van der Waals surface area contributed by atoms with Crippen LogP contribution in [-0.4, -0.2) is 10.9 Å². The number of pyridine rings is 1. The number of nitrogens with zero attached hydrogens (tertiary/aromatic N) is 2. The maximum Gasteiger partial charge on any atom is 0.291 e. The molecule has 0 fully saturated rings. The van der Waals surface area contributed by atoms with Crippen molar-refractivity contribution in [2.75, 3.05) is 5.01 Å². The quantitative estimate of drug-likeness (QED) is 0.484. The van der Waals surface area contributed by atoms with Crippen LogP contribution in [-0.2, 0) is 0 Å². The first kappa shape index (κ1) is 11.3. The summed E-state index contributed by atoms with van der Waals surface area (Å²) in [5.41, 5.74) is 1.96. The van der Waals surface area contributed by atoms with E-state index in [0.717, 1.165) is 10.6 Å². The normalized spacial score (nSPS) is 10.0. The molecule has 4 nitrogen and oxygen atoms in total. The van der Waals surface area contributed by atoms with Crippen LogP contribution in [0.25, 0.3) is 0 Å². The van der Waals surface area contributed by atoms with Gasteiger partial charge in [-0.15, -0.1) is 0 Å². The number of anilines is 1. The molecule has 1 heterocycles. The molecule has 1 aromatic heterocycles. The number of nitrogens with two attached hydrogens (primary N) is 1. The topological polar surface area (TPSA) is 59.2 Å². The monoisotopic (exact) mass is 227 g/mol. The number of carbonyl (C=O) groups excluding carboxylic acids is 1. The van der Waals surface area contributed by atoms with E-state index in [-0.39, 0.29) is 5.91 Å². The van der Waals surface area contributed by atoms with Crippen LogP contribution < -0.4 is 10.9 Å². The lowest BCUT2D eigenvalue weighted by molar-refractivity contribution is 0.0982. The Bertz CT molecular complexity index is 525. The third-order valence-electron chi connectivity index (χ3n) is 2.48. The summed E-state index contributed by atoms with van der Waals surface area (Å²) in [6.07, 6.45) is 1.57. The van der Waals surface area contributed by atoms with Crippen LogP contribution in [0, 0.1) is 6.92 Å². The average Bonchev–Trinajstić information content (AvgIpc) is 2.39. The Kier molecular flexibility index (Phi) is 3.16. The van der Waals surface area contributed by atoms with Crippen molar-refractivity contribution in [1.29, 1.82) is 0 Å². The minimum absolute atomic E-state index is 0.320. The van der Waals surface area contributed by atoms with Crippen molar-refractivity contribution in [1.82, 2.24) is 4.98 Å². The van der Waals surface area contributed by atoms with Crippen LogP contribution >= 0.6 is 0 Å². The third kappa shape index (κ3) is 2.32. The Morgan fingerprint density at radius 3 is 2.53 bits per heavy atom. The number of aromatic nitrogens is 1. The first-order chi connectivity index (χ1) is 8.20. The van der Waals surface area contributed by atoms with E-state index in [4.69, 9.17) is 5.84 Å². The fourth-order valence-electron chi connectivity index (χ4n) is 1.56. The molecule has 2 aromatic rings. The van der Waals surface area contributed by atoms with E-state index >= 15 is 0 Å². The molecule has 0 unspecified atom stereocenters. The fraction of sp³-hybridized carbons (Fsp3) is 0.0769. The molecule has 0 aliphatic heterocycles. The van der Waals surface area contributed by atoms with Gasteiger partial charge in [-0.3, -0.25) is 9.78 Å². The molecule has 4 heteroatoms. The standard InChI is InChI=1S/C13H13N3O/c1-10-6-2-3-8-12(10)16(14)13(17)11-7-4-5-9-15-11/h2-9H,14H2,1H3. The zero-order valence-corrected chi connectivity index (χ0v) is 9.50. The highest BCUT2D eigenvalue weighted by molar-refractivity contribution is 6.04. The maximum absolute atomic E-state index is 12.0. The predicted molar refractivity (Wildman–Crippen MR) is 66.4 cm³/mol. The lowest BCUT2D eigenvalue weighted by Crippen LogP contribution is -2.38. The predicted octanol–water partition coefficient (Wildman–Crippen LogP) is 1.91. The summed E-state index contributed by atoms with van der Waals surface area (Å²) in [4.78, 5) is 16.0. The smallest absolute Gasteiger partial charge is 0.265 e. The van der Waals surface area contributed by atoms with E-state index in [1.54, 1.807) is 30.5 Å². The molecule has 0 radical (unpaired) electrons. The van der Waals surface area contributed by atoms with Crippen molar-refractivity contribution >= 4 is 11.6 Å². The van der Waals surface area contributed by atoms with Crippen LogP contribution in [0.15, 0.2) is 48.7 Å². The highest BCUT2D eigenvalue weighted by atomic mass is 16.2. The summed E-state index contributed by atoms with van der Waals surface area (Å²) in [7, 11) is 0. The number of hydrazine groups is 1. The van der Waals surface area contributed by atoms with Gasteiger partial charge in [0.25, 0.3) is 5.91 Å². The Morgan fingerprint density at radius 2 is 1.88 bits per heavy atom. The number of amides is 1. The van der Waals surface area contributed by atoms with Crippen LogP contribution in [0.5, 0.6) is 0 Å². The molecule has 0 bridgehead atoms. The second-order valence-electron chi connectivity index (χ2n) is 3.68. The fourth-order valence-corrected chi connectivity index (χ4v) is 1.56. The van der Waals surface area contributed by atoms with Gasteiger partial charge >= 0.3 is 0 Å². The molecule has 0 aliphatic rings. The summed E-state index contributed by atoms with van der Waals surface area (Å²) < 4.78 is 0. The first-order valence-corrected chi connectivity index (χ1v) is 5.26. The molecule has 0 aliphatic carbocycles. The van der Waals surface area contributed by atoms with Crippen LogP contribution in [0.2, 0.25) is 0 Å². The Morgan fingerprint density at radius 1 is 1.18 bits per heavy atom. The van der Waals surface area contributed by atoms with Crippen LogP contribution in [0.1, 0.15) is 16.1 Å². The number of hydrogen-bond donors (Lipinski definition) is 1. The summed E-state index contributed by atoms with van der Waals surface area (Å²) >= 11 is 0. The molecule has 17 heavy (non-hydrogen) atoms. The van der Waals surface area contributed by atoms with Gasteiger partial charge in [-0.05, 0) is 30.7 Å². The molecule has 86 valence electrons. The van der Waals surface area contributed by atoms with Gasteiger partial charge in [-0.1, -0.05) is 24.3 Å². The van der Waals surface area contributed by atoms with Crippen molar-refractivity contribution in [2.24, 2.45) is 5.84 Å². The third-order valence-corrected chi connectivity index (χ3v) is 2.48. The van der Waals surface area contributed by atoms with Crippen LogP contribution in [0.3, 0.4) is 0 Å². The average molecular weight is 227 g/mol. The minimum Gasteiger partial charge on any atom is -0.265 e. The van der Waals surface area contributed by atoms with Crippen molar-refractivity contribution < 1.29 is 4.79 Å². The Hall–Kier alpha value is -2.20. The molecule has 2 N–H and O–H groups in total. The molecule has 0 saturated heterocycles. The van der Waals surface area contributed by atoms with Crippen molar-refractivity contribution in [3.05, 3.63) is 59.9 Å². The van der Waals surface area contributed by atoms with Gasteiger partial charge < -0.3 is 0 Å². The molecule has 0 saturated carbocycles. The second-order valence-corrected chi connectivity index (χ2v) is 3.68. The summed E-state index contributed by atoms with van der Waals surface area (Å²) in [5.74, 6) is 5.50. The molecule has 0 spiro atoms. The number of para-hydroxylation sites is 1. The van der Waals surface area contributed by atoms with Crippen molar-refractivity contribution in [2.45, 2.75) is 6.92 Å². The zero-order chi connectivity index (χ0) is 12.3. The Balaban J connectivity index is 2.30. The number of hydrogen-bond acceptors (Lipinski definition) is 3. The van der Waals surface area contributed by atoms with Crippen molar-refractivity contribution in [3.63, 3.8) is 0 Å². The van der Waals surface area contributed by atoms with E-state index in [1.165, 1.54) is 0 Å². The maximum atomic E-state index is 12.0. The van der Waals surface area contributed by atoms with Gasteiger partial charge in [0.15, 0.2) is 0 Å². The van der Waals surface area contributed by atoms with E-state index < -0.39 is 0 Å². The van der Waals surface area contributed by atoms with E-state index in [9.17, 15) is 4.79 Å². The van der Waals surface area contributed by atoms with E-state index in [2.05, 4.69) is 4.98 Å². The van der Waals surface area contributed by atoms with Gasteiger partial charge in [0.2, 0.25) is 0 Å².